The van der Waals surface area contributed by atoms with E-state index in [0.29, 0.717) is 12.8 Å². The minimum Gasteiger partial charge on any atom is -0.481 e. The van der Waals surface area contributed by atoms with Crippen LogP contribution < -0.4 is 5.32 Å². The lowest BCUT2D eigenvalue weighted by Crippen LogP contribution is -2.57. The van der Waals surface area contributed by atoms with E-state index in [9.17, 15) is 19.8 Å². The van der Waals surface area contributed by atoms with E-state index in [1.807, 2.05) is 0 Å². The second kappa shape index (κ2) is 4.74. The fourth-order valence-electron chi connectivity index (χ4n) is 2.48. The predicted molar refractivity (Wildman–Crippen MR) is 61.0 cm³/mol. The molecule has 1 saturated carbocycles. The Hall–Kier alpha value is -1.34. The van der Waals surface area contributed by atoms with Gasteiger partial charge >= 0.3 is 12.0 Å². The van der Waals surface area contributed by atoms with Crippen molar-refractivity contribution >= 4 is 12.0 Å². The first kappa shape index (κ1) is 13.1. The first-order chi connectivity index (χ1) is 8.42. The minimum absolute atomic E-state index is 0.0795. The van der Waals surface area contributed by atoms with Crippen LogP contribution in [0.2, 0.25) is 0 Å². The molecular weight excluding hydrogens is 240 g/mol. The molecule has 102 valence electrons. The molecule has 2 atom stereocenters. The number of β-amino-alcohol motifs (C(OH)–C–C–N with tert-alkyl or cyclic N) is 2. The third kappa shape index (κ3) is 2.56. The van der Waals surface area contributed by atoms with Crippen molar-refractivity contribution in [3.05, 3.63) is 0 Å². The van der Waals surface area contributed by atoms with Crippen LogP contribution in [0.5, 0.6) is 0 Å². The highest BCUT2D eigenvalue weighted by Crippen LogP contribution is 2.35. The highest BCUT2D eigenvalue weighted by molar-refractivity contribution is 5.77. The normalized spacial score (nSPS) is 29.8. The average molecular weight is 258 g/mol. The molecule has 4 N–H and O–H groups in total. The van der Waals surface area contributed by atoms with Gasteiger partial charge in [-0.2, -0.15) is 0 Å². The maximum absolute atomic E-state index is 11.9. The van der Waals surface area contributed by atoms with Gasteiger partial charge in [-0.1, -0.05) is 0 Å². The summed E-state index contributed by atoms with van der Waals surface area (Å²) in [6, 6.07) is -0.411. The van der Waals surface area contributed by atoms with Crippen molar-refractivity contribution < 1.29 is 24.9 Å². The second-order valence-corrected chi connectivity index (χ2v) is 5.17. The van der Waals surface area contributed by atoms with E-state index in [4.69, 9.17) is 5.11 Å². The number of hydrogen-bond donors (Lipinski definition) is 4. The number of carbonyl (C=O) groups excluding carboxylic acids is 1. The minimum atomic E-state index is -0.934. The van der Waals surface area contributed by atoms with Gasteiger partial charge in [-0.25, -0.2) is 4.79 Å². The van der Waals surface area contributed by atoms with Gasteiger partial charge in [0, 0.05) is 0 Å². The van der Waals surface area contributed by atoms with Crippen molar-refractivity contribution in [3.8, 4) is 0 Å². The van der Waals surface area contributed by atoms with Crippen molar-refractivity contribution in [2.24, 2.45) is 0 Å². The molecule has 0 radical (unpaired) electrons. The third-order valence-corrected chi connectivity index (χ3v) is 3.72. The zero-order chi connectivity index (χ0) is 13.3. The Morgan fingerprint density at radius 2 is 1.78 bits per heavy atom. The molecule has 2 amide bonds. The van der Waals surface area contributed by atoms with Gasteiger partial charge in [-0.3, -0.25) is 4.79 Å². The van der Waals surface area contributed by atoms with E-state index in [1.165, 1.54) is 4.90 Å². The molecule has 2 unspecified atom stereocenters. The SMILES string of the molecule is O=C(O)CC1(NC(=O)N2CC(O)C(O)C2)CCC1. The lowest BCUT2D eigenvalue weighted by Gasteiger charge is -2.42. The lowest BCUT2D eigenvalue weighted by molar-refractivity contribution is -0.139. The van der Waals surface area contributed by atoms with E-state index >= 15 is 0 Å². The van der Waals surface area contributed by atoms with Crippen LogP contribution in [0.1, 0.15) is 25.7 Å². The van der Waals surface area contributed by atoms with Crippen molar-refractivity contribution in [3.63, 3.8) is 0 Å². The Kier molecular flexibility index (Phi) is 3.45. The molecule has 0 aromatic heterocycles. The van der Waals surface area contributed by atoms with Crippen LogP contribution >= 0.6 is 0 Å². The smallest absolute Gasteiger partial charge is 0.318 e. The lowest BCUT2D eigenvalue weighted by atomic mass is 9.74. The highest BCUT2D eigenvalue weighted by Gasteiger charge is 2.42. The van der Waals surface area contributed by atoms with Crippen LogP contribution in [0.25, 0.3) is 0 Å². The summed E-state index contributed by atoms with van der Waals surface area (Å²) >= 11 is 0. The Labute approximate surface area is 104 Å². The molecule has 0 spiro atoms. The highest BCUT2D eigenvalue weighted by atomic mass is 16.4. The van der Waals surface area contributed by atoms with E-state index in [0.717, 1.165) is 6.42 Å². The molecule has 1 heterocycles. The average Bonchev–Trinajstić information content (AvgIpc) is 2.55. The number of carbonyl (C=O) groups is 2. The number of nitrogens with one attached hydrogen (secondary N) is 1. The third-order valence-electron chi connectivity index (χ3n) is 3.72. The Morgan fingerprint density at radius 1 is 1.22 bits per heavy atom. The first-order valence-corrected chi connectivity index (χ1v) is 6.07. The number of aliphatic hydroxyl groups excluding tert-OH is 2. The number of hydrogen-bond acceptors (Lipinski definition) is 4. The van der Waals surface area contributed by atoms with Crippen LogP contribution in [-0.2, 0) is 4.79 Å². The van der Waals surface area contributed by atoms with Gasteiger partial charge in [-0.05, 0) is 19.3 Å². The van der Waals surface area contributed by atoms with Gasteiger partial charge in [0.2, 0.25) is 0 Å². The molecule has 2 fully saturated rings. The van der Waals surface area contributed by atoms with Crippen molar-refractivity contribution in [2.75, 3.05) is 13.1 Å². The van der Waals surface area contributed by atoms with Crippen LogP contribution in [0.4, 0.5) is 4.79 Å². The van der Waals surface area contributed by atoms with Gasteiger partial charge in [0.05, 0.1) is 37.3 Å². The topological polar surface area (TPSA) is 110 Å². The summed E-state index contributed by atoms with van der Waals surface area (Å²) in [6.45, 7) is 0.159. The zero-order valence-corrected chi connectivity index (χ0v) is 10.0. The molecule has 7 nitrogen and oxygen atoms in total. The van der Waals surface area contributed by atoms with Gasteiger partial charge in [0.15, 0.2) is 0 Å². The second-order valence-electron chi connectivity index (χ2n) is 5.17. The number of carboxylic acid groups (broad SMARTS) is 1. The number of urea groups is 1. The van der Waals surface area contributed by atoms with Gasteiger partial charge in [0.25, 0.3) is 0 Å². The fraction of sp³-hybridized carbons (Fsp3) is 0.818. The molecule has 2 aliphatic rings. The standard InChI is InChI=1S/C11H18N2O5/c14-7-5-13(6-8(7)15)10(18)12-11(2-1-3-11)4-9(16)17/h7-8,14-15H,1-6H2,(H,12,18)(H,16,17). The summed E-state index contributed by atoms with van der Waals surface area (Å²) in [6.07, 6.45) is 0.282. The van der Waals surface area contributed by atoms with E-state index in [2.05, 4.69) is 5.32 Å². The Balaban J connectivity index is 1.92. The van der Waals surface area contributed by atoms with Crippen molar-refractivity contribution in [1.82, 2.24) is 10.2 Å². The number of nitrogens with zero attached hydrogens (tertiary/aromatic N) is 1. The van der Waals surface area contributed by atoms with E-state index < -0.39 is 29.7 Å². The Morgan fingerprint density at radius 3 is 2.17 bits per heavy atom. The molecule has 18 heavy (non-hydrogen) atoms. The van der Waals surface area contributed by atoms with Gasteiger partial charge < -0.3 is 25.5 Å². The monoisotopic (exact) mass is 258 g/mol. The summed E-state index contributed by atoms with van der Waals surface area (Å²) in [5.41, 5.74) is -0.651. The van der Waals surface area contributed by atoms with Crippen LogP contribution in [0.15, 0.2) is 0 Å². The number of likely N-dealkylation sites (tertiary alicyclic amines) is 1. The number of carboxylic acids is 1. The summed E-state index contributed by atoms with van der Waals surface area (Å²) < 4.78 is 0. The largest absolute Gasteiger partial charge is 0.481 e. The first-order valence-electron chi connectivity index (χ1n) is 6.07. The van der Waals surface area contributed by atoms with Gasteiger partial charge in [0.1, 0.15) is 0 Å². The molecule has 2 rings (SSSR count). The molecule has 0 aromatic rings. The maximum atomic E-state index is 11.9. The van der Waals surface area contributed by atoms with Crippen molar-refractivity contribution in [2.45, 2.75) is 43.4 Å². The molecule has 0 bridgehead atoms. The van der Waals surface area contributed by atoms with E-state index in [-0.39, 0.29) is 19.5 Å². The quantitative estimate of drug-likeness (QED) is 0.526. The van der Waals surface area contributed by atoms with Crippen molar-refractivity contribution in [1.29, 1.82) is 0 Å². The number of aliphatic hydroxyl groups is 2. The summed E-state index contributed by atoms with van der Waals surface area (Å²) in [4.78, 5) is 24.0. The molecule has 1 saturated heterocycles. The molecular formula is C11H18N2O5. The predicted octanol–water partition coefficient (Wildman–Crippen LogP) is -0.869. The summed E-state index contributed by atoms with van der Waals surface area (Å²) in [5.74, 6) is -0.934. The molecule has 7 heteroatoms. The molecule has 1 aliphatic heterocycles. The molecule has 1 aliphatic carbocycles. The van der Waals surface area contributed by atoms with E-state index in [1.54, 1.807) is 0 Å². The zero-order valence-electron chi connectivity index (χ0n) is 10.0. The van der Waals surface area contributed by atoms with Crippen LogP contribution in [-0.4, -0.2) is 63.1 Å². The maximum Gasteiger partial charge on any atom is 0.318 e. The number of amides is 2. The van der Waals surface area contributed by atoms with Crippen LogP contribution in [0.3, 0.4) is 0 Å². The fourth-order valence-corrected chi connectivity index (χ4v) is 2.48. The Bertz CT molecular complexity index is 345. The summed E-state index contributed by atoms with van der Waals surface area (Å²) in [5, 5.41) is 30.3. The number of rotatable bonds is 3. The van der Waals surface area contributed by atoms with Crippen LogP contribution in [0, 0.1) is 0 Å². The summed E-state index contributed by atoms with van der Waals surface area (Å²) in [7, 11) is 0. The number of aliphatic carboxylic acids is 1. The van der Waals surface area contributed by atoms with Gasteiger partial charge in [-0.15, -0.1) is 0 Å². The molecule has 0 aromatic carbocycles.